The first kappa shape index (κ1) is 17.4. The first-order valence-electron chi connectivity index (χ1n) is 9.16. The number of amides is 1. The van der Waals surface area contributed by atoms with Crippen LogP contribution in [-0.2, 0) is 0 Å². The number of hydrogen-bond acceptors (Lipinski definition) is 5. The molecule has 2 aromatic carbocycles. The third-order valence-electron chi connectivity index (χ3n) is 5.05. The van der Waals surface area contributed by atoms with Gasteiger partial charge < -0.3 is 15.3 Å². The van der Waals surface area contributed by atoms with Gasteiger partial charge in [-0.1, -0.05) is 17.7 Å². The Hall–Kier alpha value is -2.99. The van der Waals surface area contributed by atoms with E-state index in [9.17, 15) is 9.90 Å². The van der Waals surface area contributed by atoms with Gasteiger partial charge in [0.2, 0.25) is 0 Å². The van der Waals surface area contributed by atoms with Crippen molar-refractivity contribution >= 4 is 28.3 Å². The number of likely N-dealkylation sites (tertiary alicyclic amines) is 1. The van der Waals surface area contributed by atoms with Gasteiger partial charge >= 0.3 is 0 Å². The van der Waals surface area contributed by atoms with E-state index in [-0.39, 0.29) is 18.6 Å². The number of anilines is 2. The van der Waals surface area contributed by atoms with Crippen molar-refractivity contribution in [2.75, 3.05) is 18.5 Å². The Bertz CT molecular complexity index is 972. The van der Waals surface area contributed by atoms with Crippen molar-refractivity contribution in [2.45, 2.75) is 25.8 Å². The normalized spacial score (nSPS) is 16.7. The minimum Gasteiger partial charge on any atom is -0.394 e. The predicted molar refractivity (Wildman–Crippen MR) is 105 cm³/mol. The molecule has 6 nitrogen and oxygen atoms in total. The molecule has 3 aromatic rings. The van der Waals surface area contributed by atoms with Gasteiger partial charge in [0.1, 0.15) is 12.1 Å². The van der Waals surface area contributed by atoms with E-state index in [0.717, 1.165) is 23.9 Å². The molecule has 1 aliphatic rings. The SMILES string of the molecule is Cc1ccc(Nc2ncnc3cc(C(=O)N4CCCC4CO)ccc23)cc1. The second-order valence-electron chi connectivity index (χ2n) is 6.92. The number of benzene rings is 2. The van der Waals surface area contributed by atoms with Crippen LogP contribution in [0.25, 0.3) is 10.9 Å². The van der Waals surface area contributed by atoms with Crippen molar-refractivity contribution < 1.29 is 9.90 Å². The zero-order chi connectivity index (χ0) is 18.8. The molecule has 0 bridgehead atoms. The molecule has 1 amide bonds. The summed E-state index contributed by atoms with van der Waals surface area (Å²) in [5.41, 5.74) is 3.44. The van der Waals surface area contributed by atoms with Crippen molar-refractivity contribution in [1.29, 1.82) is 0 Å². The van der Waals surface area contributed by atoms with E-state index in [4.69, 9.17) is 0 Å². The molecule has 1 aliphatic heterocycles. The topological polar surface area (TPSA) is 78.4 Å². The highest BCUT2D eigenvalue weighted by molar-refractivity contribution is 6.00. The molecule has 0 aliphatic carbocycles. The molecular weight excluding hydrogens is 340 g/mol. The van der Waals surface area contributed by atoms with Gasteiger partial charge in [0.15, 0.2) is 0 Å². The molecule has 138 valence electrons. The Morgan fingerprint density at radius 3 is 2.81 bits per heavy atom. The van der Waals surface area contributed by atoms with E-state index in [2.05, 4.69) is 15.3 Å². The Morgan fingerprint density at radius 1 is 1.22 bits per heavy atom. The second-order valence-corrected chi connectivity index (χ2v) is 6.92. The molecule has 2 heterocycles. The summed E-state index contributed by atoms with van der Waals surface area (Å²) in [6.07, 6.45) is 3.28. The van der Waals surface area contributed by atoms with Crippen LogP contribution >= 0.6 is 0 Å². The van der Waals surface area contributed by atoms with Crippen molar-refractivity contribution in [3.05, 3.63) is 59.9 Å². The Kier molecular flexibility index (Phi) is 4.73. The summed E-state index contributed by atoms with van der Waals surface area (Å²) < 4.78 is 0. The number of fused-ring (bicyclic) bond motifs is 1. The van der Waals surface area contributed by atoms with E-state index in [0.29, 0.717) is 23.4 Å². The standard InChI is InChI=1S/C21H22N4O2/c1-14-4-7-16(8-5-14)24-20-18-9-6-15(11-19(18)22-13-23-20)21(27)25-10-2-3-17(25)12-26/h4-9,11,13,17,26H,2-3,10,12H2,1H3,(H,22,23,24). The first-order chi connectivity index (χ1) is 13.2. The molecule has 1 fully saturated rings. The van der Waals surface area contributed by atoms with Crippen LogP contribution in [-0.4, -0.2) is 45.1 Å². The van der Waals surface area contributed by atoms with Crippen molar-refractivity contribution in [3.8, 4) is 0 Å². The van der Waals surface area contributed by atoms with E-state index in [1.807, 2.05) is 37.3 Å². The summed E-state index contributed by atoms with van der Waals surface area (Å²) >= 11 is 0. The number of aromatic nitrogens is 2. The lowest BCUT2D eigenvalue weighted by molar-refractivity contribution is 0.0678. The zero-order valence-electron chi connectivity index (χ0n) is 15.2. The highest BCUT2D eigenvalue weighted by atomic mass is 16.3. The maximum Gasteiger partial charge on any atom is 0.254 e. The number of aliphatic hydroxyl groups is 1. The third kappa shape index (κ3) is 3.48. The third-order valence-corrected chi connectivity index (χ3v) is 5.05. The molecule has 2 N–H and O–H groups in total. The van der Waals surface area contributed by atoms with Gasteiger partial charge in [-0.05, 0) is 50.1 Å². The maximum atomic E-state index is 12.8. The number of aryl methyl sites for hydroxylation is 1. The molecule has 4 rings (SSSR count). The number of rotatable bonds is 4. The number of carbonyl (C=O) groups is 1. The average Bonchev–Trinajstić information content (AvgIpc) is 3.18. The van der Waals surface area contributed by atoms with Gasteiger partial charge in [-0.25, -0.2) is 9.97 Å². The van der Waals surface area contributed by atoms with Crippen LogP contribution in [0.5, 0.6) is 0 Å². The Morgan fingerprint density at radius 2 is 2.04 bits per heavy atom. The van der Waals surface area contributed by atoms with E-state index in [1.54, 1.807) is 17.0 Å². The smallest absolute Gasteiger partial charge is 0.254 e. The first-order valence-corrected chi connectivity index (χ1v) is 9.16. The molecule has 0 radical (unpaired) electrons. The molecule has 27 heavy (non-hydrogen) atoms. The van der Waals surface area contributed by atoms with Gasteiger partial charge in [0.25, 0.3) is 5.91 Å². The number of hydrogen-bond donors (Lipinski definition) is 2. The van der Waals surface area contributed by atoms with E-state index in [1.165, 1.54) is 11.9 Å². The van der Waals surface area contributed by atoms with Crippen molar-refractivity contribution in [1.82, 2.24) is 14.9 Å². The van der Waals surface area contributed by atoms with Crippen LogP contribution in [0, 0.1) is 6.92 Å². The highest BCUT2D eigenvalue weighted by Gasteiger charge is 2.28. The summed E-state index contributed by atoms with van der Waals surface area (Å²) in [4.78, 5) is 23.3. The van der Waals surface area contributed by atoms with Crippen LogP contribution in [0.4, 0.5) is 11.5 Å². The minimum absolute atomic E-state index is 0.00606. The zero-order valence-corrected chi connectivity index (χ0v) is 15.2. The second kappa shape index (κ2) is 7.32. The summed E-state index contributed by atoms with van der Waals surface area (Å²) in [6.45, 7) is 2.74. The van der Waals surface area contributed by atoms with Gasteiger partial charge in [-0.2, -0.15) is 0 Å². The van der Waals surface area contributed by atoms with Crippen molar-refractivity contribution in [3.63, 3.8) is 0 Å². The Balaban J connectivity index is 1.63. The number of carbonyl (C=O) groups excluding carboxylic acids is 1. The van der Waals surface area contributed by atoms with Crippen LogP contribution in [0.2, 0.25) is 0 Å². The van der Waals surface area contributed by atoms with Crippen LogP contribution in [0.3, 0.4) is 0 Å². The fourth-order valence-electron chi connectivity index (χ4n) is 3.52. The van der Waals surface area contributed by atoms with Gasteiger partial charge in [-0.15, -0.1) is 0 Å². The Labute approximate surface area is 157 Å². The van der Waals surface area contributed by atoms with Gasteiger partial charge in [0.05, 0.1) is 18.2 Å². The molecular formula is C21H22N4O2. The monoisotopic (exact) mass is 362 g/mol. The van der Waals surface area contributed by atoms with E-state index < -0.39 is 0 Å². The van der Waals surface area contributed by atoms with Gasteiger partial charge in [-0.3, -0.25) is 4.79 Å². The largest absolute Gasteiger partial charge is 0.394 e. The summed E-state index contributed by atoms with van der Waals surface area (Å²) in [6, 6.07) is 13.5. The molecule has 0 saturated carbocycles. The molecule has 6 heteroatoms. The van der Waals surface area contributed by atoms with Crippen LogP contribution in [0.1, 0.15) is 28.8 Å². The average molecular weight is 362 g/mol. The summed E-state index contributed by atoms with van der Waals surface area (Å²) in [5.74, 6) is 0.650. The van der Waals surface area contributed by atoms with E-state index >= 15 is 0 Å². The number of nitrogens with zero attached hydrogens (tertiary/aromatic N) is 3. The number of nitrogens with one attached hydrogen (secondary N) is 1. The molecule has 0 spiro atoms. The van der Waals surface area contributed by atoms with Crippen molar-refractivity contribution in [2.24, 2.45) is 0 Å². The maximum absolute atomic E-state index is 12.8. The lowest BCUT2D eigenvalue weighted by Crippen LogP contribution is -2.37. The molecule has 1 aromatic heterocycles. The van der Waals surface area contributed by atoms with Crippen LogP contribution < -0.4 is 5.32 Å². The fourth-order valence-corrected chi connectivity index (χ4v) is 3.52. The number of aliphatic hydroxyl groups excluding tert-OH is 1. The summed E-state index contributed by atoms with van der Waals surface area (Å²) in [5, 5.41) is 13.6. The minimum atomic E-state index is -0.0858. The fraction of sp³-hybridized carbons (Fsp3) is 0.286. The lowest BCUT2D eigenvalue weighted by atomic mass is 10.1. The van der Waals surface area contributed by atoms with Crippen LogP contribution in [0.15, 0.2) is 48.8 Å². The molecule has 1 saturated heterocycles. The predicted octanol–water partition coefficient (Wildman–Crippen LogP) is 3.28. The molecule has 1 unspecified atom stereocenters. The van der Waals surface area contributed by atoms with Gasteiger partial charge in [0, 0.05) is 23.2 Å². The lowest BCUT2D eigenvalue weighted by Gasteiger charge is -2.23. The summed E-state index contributed by atoms with van der Waals surface area (Å²) in [7, 11) is 0. The highest BCUT2D eigenvalue weighted by Crippen LogP contribution is 2.26. The quantitative estimate of drug-likeness (QED) is 0.745. The molecule has 1 atom stereocenters.